The van der Waals surface area contributed by atoms with Crippen molar-refractivity contribution < 1.29 is 18.3 Å². The molecular weight excluding hydrogens is 217 g/mol. The lowest BCUT2D eigenvalue weighted by atomic mass is 10.0. The predicted octanol–water partition coefficient (Wildman–Crippen LogP) is 3.48. The van der Waals surface area contributed by atoms with E-state index < -0.39 is 17.5 Å². The first-order valence-electron chi connectivity index (χ1n) is 4.52. The molecule has 16 heavy (non-hydrogen) atoms. The predicted molar refractivity (Wildman–Crippen MR) is 53.4 cm³/mol. The maximum Gasteiger partial charge on any atom is 0.161 e. The lowest BCUT2D eigenvalue weighted by Gasteiger charge is -2.06. The summed E-state index contributed by atoms with van der Waals surface area (Å²) in [4.78, 5) is 0. The van der Waals surface area contributed by atoms with Gasteiger partial charge in [0.15, 0.2) is 11.6 Å². The van der Waals surface area contributed by atoms with Crippen LogP contribution in [-0.4, -0.2) is 5.11 Å². The molecule has 2 aromatic carbocycles. The van der Waals surface area contributed by atoms with Gasteiger partial charge in [-0.25, -0.2) is 13.2 Å². The Morgan fingerprint density at radius 2 is 1.38 bits per heavy atom. The van der Waals surface area contributed by atoms with Gasteiger partial charge in [-0.05, 0) is 12.1 Å². The van der Waals surface area contributed by atoms with Crippen molar-refractivity contribution in [3.63, 3.8) is 0 Å². The van der Waals surface area contributed by atoms with Crippen molar-refractivity contribution in [1.82, 2.24) is 0 Å². The molecule has 0 atom stereocenters. The van der Waals surface area contributed by atoms with Crippen LogP contribution >= 0.6 is 0 Å². The van der Waals surface area contributed by atoms with Crippen molar-refractivity contribution in [3.05, 3.63) is 53.8 Å². The van der Waals surface area contributed by atoms with Crippen LogP contribution in [-0.2, 0) is 0 Å². The average molecular weight is 224 g/mol. The van der Waals surface area contributed by atoms with Crippen molar-refractivity contribution in [2.45, 2.75) is 0 Å². The maximum atomic E-state index is 13.4. The van der Waals surface area contributed by atoms with Crippen molar-refractivity contribution in [2.75, 3.05) is 0 Å². The third kappa shape index (κ3) is 1.74. The van der Waals surface area contributed by atoms with Gasteiger partial charge in [0.2, 0.25) is 0 Å². The van der Waals surface area contributed by atoms with Gasteiger partial charge in [0, 0.05) is 17.2 Å². The van der Waals surface area contributed by atoms with E-state index >= 15 is 0 Å². The van der Waals surface area contributed by atoms with Crippen LogP contribution in [0.3, 0.4) is 0 Å². The summed E-state index contributed by atoms with van der Waals surface area (Å²) in [6.45, 7) is 0. The molecule has 0 aliphatic heterocycles. The first kappa shape index (κ1) is 10.5. The van der Waals surface area contributed by atoms with E-state index in [1.165, 1.54) is 12.1 Å². The number of aromatic hydroxyl groups is 1. The monoisotopic (exact) mass is 224 g/mol. The van der Waals surface area contributed by atoms with Crippen LogP contribution in [0.4, 0.5) is 13.2 Å². The highest BCUT2D eigenvalue weighted by atomic mass is 19.2. The van der Waals surface area contributed by atoms with Gasteiger partial charge in [-0.15, -0.1) is 0 Å². The van der Waals surface area contributed by atoms with Gasteiger partial charge in [0.05, 0.1) is 0 Å². The van der Waals surface area contributed by atoms with Crippen LogP contribution in [0.1, 0.15) is 0 Å². The Hall–Kier alpha value is -1.97. The fraction of sp³-hybridized carbons (Fsp3) is 0. The van der Waals surface area contributed by atoms with E-state index in [0.29, 0.717) is 6.07 Å². The first-order valence-corrected chi connectivity index (χ1v) is 4.52. The molecule has 0 aromatic heterocycles. The smallest absolute Gasteiger partial charge is 0.161 e. The largest absolute Gasteiger partial charge is 0.507 e. The van der Waals surface area contributed by atoms with E-state index in [1.54, 1.807) is 12.1 Å². The van der Waals surface area contributed by atoms with E-state index in [0.717, 1.165) is 6.07 Å². The zero-order chi connectivity index (χ0) is 11.7. The van der Waals surface area contributed by atoms with E-state index in [-0.39, 0.29) is 16.9 Å². The van der Waals surface area contributed by atoms with Gasteiger partial charge < -0.3 is 5.11 Å². The summed E-state index contributed by atoms with van der Waals surface area (Å²) < 4.78 is 39.0. The molecule has 0 saturated heterocycles. The fourth-order valence-corrected chi connectivity index (χ4v) is 1.43. The molecule has 0 aliphatic carbocycles. The lowest BCUT2D eigenvalue weighted by molar-refractivity contribution is 0.475. The highest BCUT2D eigenvalue weighted by molar-refractivity contribution is 5.70. The minimum atomic E-state index is -1.25. The minimum Gasteiger partial charge on any atom is -0.507 e. The number of rotatable bonds is 1. The molecule has 2 rings (SSSR count). The Kier molecular flexibility index (Phi) is 2.56. The second kappa shape index (κ2) is 3.89. The van der Waals surface area contributed by atoms with Crippen LogP contribution in [0, 0.1) is 17.5 Å². The van der Waals surface area contributed by atoms with Crippen LogP contribution < -0.4 is 0 Å². The van der Waals surface area contributed by atoms with Crippen molar-refractivity contribution in [1.29, 1.82) is 0 Å². The van der Waals surface area contributed by atoms with E-state index in [1.807, 2.05) is 0 Å². The number of phenolic OH excluding ortho intramolecular Hbond substituents is 1. The Bertz CT molecular complexity index is 538. The molecule has 0 unspecified atom stereocenters. The third-order valence-electron chi connectivity index (χ3n) is 2.20. The summed E-state index contributed by atoms with van der Waals surface area (Å²) in [5.41, 5.74) is -0.0455. The molecule has 0 bridgehead atoms. The Morgan fingerprint density at radius 3 is 2.06 bits per heavy atom. The maximum absolute atomic E-state index is 13.4. The standard InChI is InChI=1S/C12H7F3O/c13-9-6-11(15)10(14)5-8(9)7-3-1-2-4-12(7)16/h1-6,16H. The summed E-state index contributed by atoms with van der Waals surface area (Å²) in [6, 6.07) is 7.06. The summed E-state index contributed by atoms with van der Waals surface area (Å²) in [6.07, 6.45) is 0. The molecule has 1 nitrogen and oxygen atoms in total. The molecular formula is C12H7F3O. The second-order valence-corrected chi connectivity index (χ2v) is 3.26. The summed E-state index contributed by atoms with van der Waals surface area (Å²) >= 11 is 0. The molecule has 0 radical (unpaired) electrons. The second-order valence-electron chi connectivity index (χ2n) is 3.26. The van der Waals surface area contributed by atoms with Crippen LogP contribution in [0.5, 0.6) is 5.75 Å². The quantitative estimate of drug-likeness (QED) is 0.735. The molecule has 0 fully saturated rings. The van der Waals surface area contributed by atoms with E-state index in [2.05, 4.69) is 0 Å². The summed E-state index contributed by atoms with van der Waals surface area (Å²) in [5.74, 6) is -3.51. The molecule has 0 amide bonds. The van der Waals surface area contributed by atoms with E-state index in [4.69, 9.17) is 0 Å². The van der Waals surface area contributed by atoms with E-state index in [9.17, 15) is 18.3 Å². The number of para-hydroxylation sites is 1. The lowest BCUT2D eigenvalue weighted by Crippen LogP contribution is -1.91. The molecule has 82 valence electrons. The molecule has 1 N–H and O–H groups in total. The highest BCUT2D eigenvalue weighted by Crippen LogP contribution is 2.31. The fourth-order valence-electron chi connectivity index (χ4n) is 1.43. The SMILES string of the molecule is Oc1ccccc1-c1cc(F)c(F)cc1F. The molecule has 0 saturated carbocycles. The van der Waals surface area contributed by atoms with Crippen LogP contribution in [0.25, 0.3) is 11.1 Å². The van der Waals surface area contributed by atoms with Crippen molar-refractivity contribution in [2.24, 2.45) is 0 Å². The van der Waals surface area contributed by atoms with Gasteiger partial charge >= 0.3 is 0 Å². The number of hydrogen-bond acceptors (Lipinski definition) is 1. The third-order valence-corrected chi connectivity index (χ3v) is 2.20. The highest BCUT2D eigenvalue weighted by Gasteiger charge is 2.13. The van der Waals surface area contributed by atoms with Gasteiger partial charge in [-0.3, -0.25) is 0 Å². The van der Waals surface area contributed by atoms with Gasteiger partial charge in [-0.2, -0.15) is 0 Å². The van der Waals surface area contributed by atoms with Crippen LogP contribution in [0.2, 0.25) is 0 Å². The Balaban J connectivity index is 2.65. The average Bonchev–Trinajstić information content (AvgIpc) is 2.25. The Morgan fingerprint density at radius 1 is 0.750 bits per heavy atom. The number of benzene rings is 2. The molecule has 0 heterocycles. The van der Waals surface area contributed by atoms with Gasteiger partial charge in [-0.1, -0.05) is 18.2 Å². The van der Waals surface area contributed by atoms with Gasteiger partial charge in [0.1, 0.15) is 11.6 Å². The Labute approximate surface area is 89.8 Å². The minimum absolute atomic E-state index is 0.124. The van der Waals surface area contributed by atoms with Crippen LogP contribution in [0.15, 0.2) is 36.4 Å². The molecule has 4 heteroatoms. The number of halogens is 3. The molecule has 0 spiro atoms. The normalized spacial score (nSPS) is 10.4. The zero-order valence-corrected chi connectivity index (χ0v) is 8.05. The molecule has 2 aromatic rings. The number of phenols is 1. The topological polar surface area (TPSA) is 20.2 Å². The van der Waals surface area contributed by atoms with Crippen molar-refractivity contribution in [3.8, 4) is 16.9 Å². The van der Waals surface area contributed by atoms with Gasteiger partial charge in [0.25, 0.3) is 0 Å². The van der Waals surface area contributed by atoms with Crippen molar-refractivity contribution >= 4 is 0 Å². The number of hydrogen-bond donors (Lipinski definition) is 1. The first-order chi connectivity index (χ1) is 7.59. The summed E-state index contributed by atoms with van der Waals surface area (Å²) in [5, 5.41) is 9.47. The zero-order valence-electron chi connectivity index (χ0n) is 8.05. The summed E-state index contributed by atoms with van der Waals surface area (Å²) in [7, 11) is 0. The molecule has 0 aliphatic rings.